The smallest absolute Gasteiger partial charge is 0.251 e. The molecule has 26 heavy (non-hydrogen) atoms. The first kappa shape index (κ1) is 18.1. The highest BCUT2D eigenvalue weighted by Crippen LogP contribution is 2.10. The van der Waals surface area contributed by atoms with Gasteiger partial charge in [0.15, 0.2) is 0 Å². The molecule has 3 rings (SSSR count). The van der Waals surface area contributed by atoms with Crippen molar-refractivity contribution < 1.29 is 9.59 Å². The van der Waals surface area contributed by atoms with Gasteiger partial charge >= 0.3 is 0 Å². The molecule has 1 aliphatic rings. The van der Waals surface area contributed by atoms with Crippen LogP contribution in [0.5, 0.6) is 0 Å². The summed E-state index contributed by atoms with van der Waals surface area (Å²) in [6.45, 7) is 3.11. The minimum Gasteiger partial charge on any atom is -0.340 e. The van der Waals surface area contributed by atoms with E-state index in [-0.39, 0.29) is 11.8 Å². The fourth-order valence-electron chi connectivity index (χ4n) is 3.13. The van der Waals surface area contributed by atoms with Crippen LogP contribution in [-0.4, -0.2) is 60.9 Å². The summed E-state index contributed by atoms with van der Waals surface area (Å²) in [5, 5.41) is 2.95. The lowest BCUT2D eigenvalue weighted by molar-refractivity contribution is -0.134. The minimum absolute atomic E-state index is 0.00812. The molecule has 5 heteroatoms. The maximum absolute atomic E-state index is 13.1. The number of hydrogen-bond acceptors (Lipinski definition) is 3. The predicted molar refractivity (Wildman–Crippen MR) is 102 cm³/mol. The van der Waals surface area contributed by atoms with Crippen molar-refractivity contribution >= 4 is 11.8 Å². The number of likely N-dealkylation sites (N-methyl/N-ethyl adjacent to an activating group) is 1. The summed E-state index contributed by atoms with van der Waals surface area (Å²) in [7, 11) is 2.06. The molecule has 1 saturated heterocycles. The Labute approximate surface area is 154 Å². The molecule has 1 heterocycles. The summed E-state index contributed by atoms with van der Waals surface area (Å²) in [6, 6.07) is 18.3. The summed E-state index contributed by atoms with van der Waals surface area (Å²) in [6.07, 6.45) is 0.491. The van der Waals surface area contributed by atoms with Crippen LogP contribution in [-0.2, 0) is 11.2 Å². The van der Waals surface area contributed by atoms with E-state index in [0.717, 1.165) is 18.7 Å². The Balaban J connectivity index is 1.75. The number of rotatable bonds is 5. The zero-order valence-electron chi connectivity index (χ0n) is 15.1. The van der Waals surface area contributed by atoms with Crippen molar-refractivity contribution in [3.05, 3.63) is 71.8 Å². The molecule has 1 fully saturated rings. The van der Waals surface area contributed by atoms with Gasteiger partial charge in [-0.15, -0.1) is 0 Å². The van der Waals surface area contributed by atoms with E-state index in [1.54, 1.807) is 12.1 Å². The van der Waals surface area contributed by atoms with Gasteiger partial charge in [0.2, 0.25) is 5.91 Å². The van der Waals surface area contributed by atoms with Crippen molar-refractivity contribution in [2.45, 2.75) is 12.5 Å². The fraction of sp³-hybridized carbons (Fsp3) is 0.333. The van der Waals surface area contributed by atoms with Crippen LogP contribution >= 0.6 is 0 Å². The van der Waals surface area contributed by atoms with Gasteiger partial charge in [-0.1, -0.05) is 48.5 Å². The quantitative estimate of drug-likeness (QED) is 0.894. The number of nitrogens with zero attached hydrogens (tertiary/aromatic N) is 2. The molecule has 2 amide bonds. The van der Waals surface area contributed by atoms with Gasteiger partial charge in [0.1, 0.15) is 6.04 Å². The van der Waals surface area contributed by atoms with Crippen molar-refractivity contribution in [2.24, 2.45) is 0 Å². The van der Waals surface area contributed by atoms with Crippen LogP contribution in [0.4, 0.5) is 0 Å². The zero-order valence-corrected chi connectivity index (χ0v) is 15.1. The van der Waals surface area contributed by atoms with E-state index in [0.29, 0.717) is 25.1 Å². The molecule has 0 bridgehead atoms. The summed E-state index contributed by atoms with van der Waals surface area (Å²) in [5.41, 5.74) is 1.60. The van der Waals surface area contributed by atoms with Gasteiger partial charge < -0.3 is 15.1 Å². The number of hydrogen-bond donors (Lipinski definition) is 1. The first-order valence-electron chi connectivity index (χ1n) is 9.00. The molecule has 1 unspecified atom stereocenters. The third-order valence-electron chi connectivity index (χ3n) is 4.74. The van der Waals surface area contributed by atoms with Crippen molar-refractivity contribution in [1.82, 2.24) is 15.1 Å². The average Bonchev–Trinajstić information content (AvgIpc) is 2.69. The molecule has 0 radical (unpaired) electrons. The molecule has 1 atom stereocenters. The average molecular weight is 351 g/mol. The number of nitrogens with one attached hydrogen (secondary N) is 1. The molecule has 1 aliphatic heterocycles. The van der Waals surface area contributed by atoms with Crippen LogP contribution in [0, 0.1) is 0 Å². The molecule has 0 aromatic heterocycles. The van der Waals surface area contributed by atoms with Crippen LogP contribution in [0.3, 0.4) is 0 Å². The van der Waals surface area contributed by atoms with Crippen LogP contribution < -0.4 is 5.32 Å². The third kappa shape index (κ3) is 4.70. The Morgan fingerprint density at radius 3 is 2.12 bits per heavy atom. The first-order valence-corrected chi connectivity index (χ1v) is 9.00. The van der Waals surface area contributed by atoms with Crippen molar-refractivity contribution in [3.8, 4) is 0 Å². The first-order chi connectivity index (χ1) is 12.6. The third-order valence-corrected chi connectivity index (χ3v) is 4.74. The number of piperazine rings is 1. The highest BCUT2D eigenvalue weighted by atomic mass is 16.2. The van der Waals surface area contributed by atoms with Crippen LogP contribution in [0.25, 0.3) is 0 Å². The molecule has 2 aromatic rings. The van der Waals surface area contributed by atoms with Crippen LogP contribution in [0.1, 0.15) is 15.9 Å². The van der Waals surface area contributed by atoms with Gasteiger partial charge in [-0.2, -0.15) is 0 Å². The normalized spacial score (nSPS) is 16.1. The van der Waals surface area contributed by atoms with Crippen LogP contribution in [0.15, 0.2) is 60.7 Å². The lowest BCUT2D eigenvalue weighted by Gasteiger charge is -2.34. The molecule has 136 valence electrons. The van der Waals surface area contributed by atoms with E-state index in [9.17, 15) is 9.59 Å². The molecular formula is C21H25N3O2. The second-order valence-electron chi connectivity index (χ2n) is 6.71. The molecule has 2 aromatic carbocycles. The topological polar surface area (TPSA) is 52.6 Å². The van der Waals surface area contributed by atoms with Gasteiger partial charge in [0.25, 0.3) is 5.91 Å². The highest BCUT2D eigenvalue weighted by molar-refractivity contribution is 5.97. The van der Waals surface area contributed by atoms with E-state index in [1.165, 1.54) is 0 Å². The van der Waals surface area contributed by atoms with Crippen molar-refractivity contribution in [3.63, 3.8) is 0 Å². The second-order valence-corrected chi connectivity index (χ2v) is 6.71. The van der Waals surface area contributed by atoms with E-state index in [1.807, 2.05) is 53.4 Å². The standard InChI is InChI=1S/C21H25N3O2/c1-23-12-14-24(15-13-23)21(26)19(16-17-8-4-2-5-9-17)22-20(25)18-10-6-3-7-11-18/h2-11,19H,12-16H2,1H3,(H,22,25). The van der Waals surface area contributed by atoms with Crippen molar-refractivity contribution in [2.75, 3.05) is 33.2 Å². The monoisotopic (exact) mass is 351 g/mol. The lowest BCUT2D eigenvalue weighted by Crippen LogP contribution is -2.55. The zero-order chi connectivity index (χ0) is 18.4. The number of carbonyl (C=O) groups is 2. The Kier molecular flexibility index (Phi) is 6.02. The SMILES string of the molecule is CN1CCN(C(=O)C(Cc2ccccc2)NC(=O)c2ccccc2)CC1. The summed E-state index contributed by atoms with van der Waals surface area (Å²) in [5.74, 6) is -0.222. The molecule has 0 saturated carbocycles. The molecule has 5 nitrogen and oxygen atoms in total. The Morgan fingerprint density at radius 1 is 0.923 bits per heavy atom. The largest absolute Gasteiger partial charge is 0.340 e. The minimum atomic E-state index is -0.562. The maximum atomic E-state index is 13.1. The van der Waals surface area contributed by atoms with E-state index in [2.05, 4.69) is 17.3 Å². The van der Waals surface area contributed by atoms with E-state index < -0.39 is 6.04 Å². The molecule has 0 spiro atoms. The van der Waals surface area contributed by atoms with Gasteiger partial charge in [0.05, 0.1) is 0 Å². The summed E-state index contributed by atoms with van der Waals surface area (Å²) >= 11 is 0. The predicted octanol–water partition coefficient (Wildman–Crippen LogP) is 1.80. The highest BCUT2D eigenvalue weighted by Gasteiger charge is 2.28. The number of carbonyl (C=O) groups excluding carboxylic acids is 2. The summed E-state index contributed by atoms with van der Waals surface area (Å²) < 4.78 is 0. The van der Waals surface area contributed by atoms with Crippen molar-refractivity contribution in [1.29, 1.82) is 0 Å². The van der Waals surface area contributed by atoms with Crippen LogP contribution in [0.2, 0.25) is 0 Å². The maximum Gasteiger partial charge on any atom is 0.251 e. The Bertz CT molecular complexity index is 725. The fourth-order valence-corrected chi connectivity index (χ4v) is 3.13. The molecule has 1 N–H and O–H groups in total. The van der Waals surface area contributed by atoms with Gasteiger partial charge in [-0.25, -0.2) is 0 Å². The Morgan fingerprint density at radius 2 is 1.50 bits per heavy atom. The lowest BCUT2D eigenvalue weighted by atomic mass is 10.0. The molecular weight excluding hydrogens is 326 g/mol. The van der Waals surface area contributed by atoms with E-state index in [4.69, 9.17) is 0 Å². The van der Waals surface area contributed by atoms with Gasteiger partial charge in [-0.3, -0.25) is 9.59 Å². The summed E-state index contributed by atoms with van der Waals surface area (Å²) in [4.78, 5) is 29.7. The number of amides is 2. The number of benzene rings is 2. The Hall–Kier alpha value is -2.66. The van der Waals surface area contributed by atoms with Gasteiger partial charge in [0, 0.05) is 38.2 Å². The second kappa shape index (κ2) is 8.63. The van der Waals surface area contributed by atoms with Gasteiger partial charge in [-0.05, 0) is 24.7 Å². The molecule has 0 aliphatic carbocycles. The van der Waals surface area contributed by atoms with E-state index >= 15 is 0 Å².